The monoisotopic (exact) mass is 318 g/mol. The van der Waals surface area contributed by atoms with E-state index in [1.807, 2.05) is 6.92 Å². The van der Waals surface area contributed by atoms with E-state index in [2.05, 4.69) is 0 Å². The lowest BCUT2D eigenvalue weighted by Crippen LogP contribution is -2.30. The summed E-state index contributed by atoms with van der Waals surface area (Å²) in [6.45, 7) is 2.26. The zero-order valence-electron chi connectivity index (χ0n) is 12.6. The number of aromatic hydroxyl groups is 3. The Morgan fingerprint density at radius 2 is 1.91 bits per heavy atom. The summed E-state index contributed by atoms with van der Waals surface area (Å²) in [7, 11) is 0. The minimum Gasteiger partial charge on any atom is -0.508 e. The Bertz CT molecular complexity index is 727. The summed E-state index contributed by atoms with van der Waals surface area (Å²) in [6, 6.07) is 7.22. The molecule has 23 heavy (non-hydrogen) atoms. The maximum atomic E-state index is 10.4. The molecule has 0 unspecified atom stereocenters. The van der Waals surface area contributed by atoms with Crippen LogP contribution < -0.4 is 9.47 Å². The van der Waals surface area contributed by atoms with E-state index in [1.165, 1.54) is 24.3 Å². The van der Waals surface area contributed by atoms with Gasteiger partial charge in [0, 0.05) is 24.1 Å². The fourth-order valence-electron chi connectivity index (χ4n) is 2.74. The van der Waals surface area contributed by atoms with Crippen molar-refractivity contribution in [1.82, 2.24) is 0 Å². The zero-order chi connectivity index (χ0) is 16.6. The van der Waals surface area contributed by atoms with Gasteiger partial charge in [0.1, 0.15) is 23.4 Å². The van der Waals surface area contributed by atoms with Gasteiger partial charge in [-0.25, -0.2) is 0 Å². The van der Waals surface area contributed by atoms with E-state index in [0.29, 0.717) is 29.2 Å². The first-order chi connectivity index (χ1) is 11.0. The Balaban J connectivity index is 1.98. The SMILES string of the molecule is CCOc1cc(O)cc2c1C[C@@H](O)[C@@H](c1ccc(O)c(O)c1)O2. The van der Waals surface area contributed by atoms with Crippen LogP contribution in [0.4, 0.5) is 0 Å². The number of hydrogen-bond donors (Lipinski definition) is 4. The average Bonchev–Trinajstić information content (AvgIpc) is 2.50. The summed E-state index contributed by atoms with van der Waals surface area (Å²) < 4.78 is 11.3. The normalized spacial score (nSPS) is 19.7. The summed E-state index contributed by atoms with van der Waals surface area (Å²) in [5, 5.41) is 39.2. The molecular weight excluding hydrogens is 300 g/mol. The van der Waals surface area contributed by atoms with Gasteiger partial charge in [0.05, 0.1) is 12.7 Å². The fourth-order valence-corrected chi connectivity index (χ4v) is 2.74. The number of aliphatic hydroxyl groups excluding tert-OH is 1. The van der Waals surface area contributed by atoms with E-state index in [9.17, 15) is 20.4 Å². The first kappa shape index (κ1) is 15.3. The number of rotatable bonds is 3. The van der Waals surface area contributed by atoms with Gasteiger partial charge in [0.15, 0.2) is 11.5 Å². The highest BCUT2D eigenvalue weighted by Crippen LogP contribution is 2.43. The first-order valence-electron chi connectivity index (χ1n) is 7.35. The highest BCUT2D eigenvalue weighted by Gasteiger charge is 2.32. The maximum Gasteiger partial charge on any atom is 0.157 e. The van der Waals surface area contributed by atoms with Crippen molar-refractivity contribution in [2.45, 2.75) is 25.6 Å². The summed E-state index contributed by atoms with van der Waals surface area (Å²) in [6.07, 6.45) is -1.28. The third kappa shape index (κ3) is 2.85. The van der Waals surface area contributed by atoms with Gasteiger partial charge >= 0.3 is 0 Å². The Morgan fingerprint density at radius 3 is 2.61 bits per heavy atom. The largest absolute Gasteiger partial charge is 0.508 e. The number of hydrogen-bond acceptors (Lipinski definition) is 6. The third-order valence-electron chi connectivity index (χ3n) is 3.80. The Hall–Kier alpha value is -2.60. The molecule has 4 N–H and O–H groups in total. The third-order valence-corrected chi connectivity index (χ3v) is 3.80. The lowest BCUT2D eigenvalue weighted by Gasteiger charge is -2.32. The van der Waals surface area contributed by atoms with Crippen LogP contribution >= 0.6 is 0 Å². The van der Waals surface area contributed by atoms with Crippen molar-refractivity contribution in [2.75, 3.05) is 6.61 Å². The first-order valence-corrected chi connectivity index (χ1v) is 7.35. The quantitative estimate of drug-likeness (QED) is 0.648. The Morgan fingerprint density at radius 1 is 1.13 bits per heavy atom. The lowest BCUT2D eigenvalue weighted by atomic mass is 9.94. The van der Waals surface area contributed by atoms with Crippen molar-refractivity contribution in [3.05, 3.63) is 41.5 Å². The number of aliphatic hydroxyl groups is 1. The molecule has 1 aliphatic rings. The van der Waals surface area contributed by atoms with Crippen molar-refractivity contribution >= 4 is 0 Å². The highest BCUT2D eigenvalue weighted by atomic mass is 16.5. The molecule has 122 valence electrons. The molecule has 0 spiro atoms. The van der Waals surface area contributed by atoms with Crippen molar-refractivity contribution in [3.8, 4) is 28.7 Å². The van der Waals surface area contributed by atoms with Crippen molar-refractivity contribution in [2.24, 2.45) is 0 Å². The van der Waals surface area contributed by atoms with Crippen molar-refractivity contribution < 1.29 is 29.9 Å². The van der Waals surface area contributed by atoms with E-state index in [-0.39, 0.29) is 23.7 Å². The van der Waals surface area contributed by atoms with E-state index in [4.69, 9.17) is 9.47 Å². The van der Waals surface area contributed by atoms with Gasteiger partial charge in [-0.1, -0.05) is 6.07 Å². The topological polar surface area (TPSA) is 99.4 Å². The van der Waals surface area contributed by atoms with Crippen LogP contribution in [0, 0.1) is 0 Å². The van der Waals surface area contributed by atoms with E-state index in [0.717, 1.165) is 0 Å². The second-order valence-corrected chi connectivity index (χ2v) is 5.41. The van der Waals surface area contributed by atoms with Crippen LogP contribution in [0.25, 0.3) is 0 Å². The van der Waals surface area contributed by atoms with Crippen LogP contribution in [-0.2, 0) is 6.42 Å². The van der Waals surface area contributed by atoms with Gasteiger partial charge in [0.25, 0.3) is 0 Å². The molecule has 2 atom stereocenters. The molecule has 3 rings (SSSR count). The van der Waals surface area contributed by atoms with Crippen LogP contribution in [0.5, 0.6) is 28.7 Å². The fraction of sp³-hybridized carbons (Fsp3) is 0.294. The highest BCUT2D eigenvalue weighted by molar-refractivity contribution is 5.52. The molecule has 0 saturated heterocycles. The molecule has 0 radical (unpaired) electrons. The maximum absolute atomic E-state index is 10.4. The molecule has 0 fully saturated rings. The van der Waals surface area contributed by atoms with E-state index in [1.54, 1.807) is 6.07 Å². The summed E-state index contributed by atoms with van der Waals surface area (Å²) >= 11 is 0. The minimum atomic E-state index is -0.852. The summed E-state index contributed by atoms with van der Waals surface area (Å²) in [5.74, 6) is 0.395. The van der Waals surface area contributed by atoms with Crippen LogP contribution in [0.15, 0.2) is 30.3 Å². The number of phenols is 3. The molecule has 6 nitrogen and oxygen atoms in total. The van der Waals surface area contributed by atoms with Crippen LogP contribution in [0.3, 0.4) is 0 Å². The average molecular weight is 318 g/mol. The molecule has 0 aromatic heterocycles. The predicted octanol–water partition coefficient (Wildman–Crippen LogP) is 2.24. The standard InChI is InChI=1S/C17H18O6/c1-2-22-15-6-10(18)7-16-11(15)8-14(21)17(23-16)9-3-4-12(19)13(20)5-9/h3-7,14,17-21H,2,8H2,1H3/t14-,17-/m1/s1. The molecule has 6 heteroatoms. The van der Waals surface area contributed by atoms with Gasteiger partial charge in [-0.2, -0.15) is 0 Å². The summed E-state index contributed by atoms with van der Waals surface area (Å²) in [5.41, 5.74) is 1.22. The molecule has 0 aliphatic carbocycles. The molecule has 0 bridgehead atoms. The molecule has 0 amide bonds. The van der Waals surface area contributed by atoms with Crippen LogP contribution in [0.1, 0.15) is 24.2 Å². The number of benzene rings is 2. The van der Waals surface area contributed by atoms with Gasteiger partial charge in [-0.15, -0.1) is 0 Å². The van der Waals surface area contributed by atoms with Gasteiger partial charge in [-0.05, 0) is 24.6 Å². The summed E-state index contributed by atoms with van der Waals surface area (Å²) in [4.78, 5) is 0. The Kier molecular flexibility index (Phi) is 3.92. The van der Waals surface area contributed by atoms with Crippen molar-refractivity contribution in [3.63, 3.8) is 0 Å². The van der Waals surface area contributed by atoms with Crippen LogP contribution in [0.2, 0.25) is 0 Å². The zero-order valence-corrected chi connectivity index (χ0v) is 12.6. The molecular formula is C17H18O6. The number of fused-ring (bicyclic) bond motifs is 1. The second kappa shape index (κ2) is 5.89. The molecule has 2 aromatic rings. The van der Waals surface area contributed by atoms with E-state index < -0.39 is 12.2 Å². The van der Waals surface area contributed by atoms with Gasteiger partial charge in [-0.3, -0.25) is 0 Å². The van der Waals surface area contributed by atoms with Crippen LogP contribution in [-0.4, -0.2) is 33.1 Å². The number of ether oxygens (including phenoxy) is 2. The Labute approximate surface area is 133 Å². The van der Waals surface area contributed by atoms with Gasteiger partial charge < -0.3 is 29.9 Å². The van der Waals surface area contributed by atoms with Gasteiger partial charge in [0.2, 0.25) is 0 Å². The predicted molar refractivity (Wildman–Crippen MR) is 82.1 cm³/mol. The van der Waals surface area contributed by atoms with Crippen molar-refractivity contribution in [1.29, 1.82) is 0 Å². The molecule has 1 heterocycles. The minimum absolute atomic E-state index is 0.0101. The molecule has 2 aromatic carbocycles. The lowest BCUT2D eigenvalue weighted by molar-refractivity contribution is 0.0195. The second-order valence-electron chi connectivity index (χ2n) is 5.41. The smallest absolute Gasteiger partial charge is 0.157 e. The molecule has 0 saturated carbocycles. The number of phenolic OH excluding ortho intramolecular Hbond substituents is 3. The van der Waals surface area contributed by atoms with E-state index >= 15 is 0 Å². The molecule has 1 aliphatic heterocycles.